The van der Waals surface area contributed by atoms with Crippen molar-refractivity contribution in [1.29, 1.82) is 0 Å². The molecule has 1 rings (SSSR count). The first-order valence-corrected chi connectivity index (χ1v) is 4.50. The van der Waals surface area contributed by atoms with Crippen molar-refractivity contribution in [3.8, 4) is 5.75 Å². The van der Waals surface area contributed by atoms with Crippen molar-refractivity contribution in [2.24, 2.45) is 0 Å². The summed E-state index contributed by atoms with van der Waals surface area (Å²) in [5.74, 6) is 0.00947. The summed E-state index contributed by atoms with van der Waals surface area (Å²) in [4.78, 5) is 10.7. The van der Waals surface area contributed by atoms with Crippen LogP contribution in [0.25, 0.3) is 0 Å². The zero-order valence-corrected chi connectivity index (χ0v) is 8.67. The number of hydrogen-bond donors (Lipinski definition) is 1. The summed E-state index contributed by atoms with van der Waals surface area (Å²) in [7, 11) is 0. The molecule has 0 aliphatic heterocycles. The SMILES string of the molecule is CC(=O)Oc1ccc(Br)cc1CO. The van der Waals surface area contributed by atoms with E-state index in [1.807, 2.05) is 0 Å². The van der Waals surface area contributed by atoms with Gasteiger partial charge in [-0.25, -0.2) is 0 Å². The second-order valence-electron chi connectivity index (χ2n) is 2.50. The first kappa shape index (κ1) is 10.2. The van der Waals surface area contributed by atoms with E-state index in [0.717, 1.165) is 4.47 Å². The van der Waals surface area contributed by atoms with Gasteiger partial charge in [0.05, 0.1) is 6.61 Å². The lowest BCUT2D eigenvalue weighted by molar-refractivity contribution is -0.131. The second-order valence-corrected chi connectivity index (χ2v) is 3.42. The van der Waals surface area contributed by atoms with Crippen molar-refractivity contribution < 1.29 is 14.6 Å². The van der Waals surface area contributed by atoms with E-state index in [9.17, 15) is 4.79 Å². The minimum Gasteiger partial charge on any atom is -0.426 e. The van der Waals surface area contributed by atoms with Gasteiger partial charge in [0.2, 0.25) is 0 Å². The Morgan fingerprint density at radius 3 is 2.85 bits per heavy atom. The largest absolute Gasteiger partial charge is 0.426 e. The number of rotatable bonds is 2. The van der Waals surface area contributed by atoms with Gasteiger partial charge in [-0.1, -0.05) is 15.9 Å². The van der Waals surface area contributed by atoms with Crippen LogP contribution in [0.2, 0.25) is 0 Å². The topological polar surface area (TPSA) is 46.5 Å². The van der Waals surface area contributed by atoms with Crippen molar-refractivity contribution in [1.82, 2.24) is 0 Å². The molecule has 0 aliphatic carbocycles. The number of aliphatic hydroxyl groups is 1. The summed E-state index contributed by atoms with van der Waals surface area (Å²) in [5.41, 5.74) is 0.588. The minimum absolute atomic E-state index is 0.151. The summed E-state index contributed by atoms with van der Waals surface area (Å²) in [6.07, 6.45) is 0. The monoisotopic (exact) mass is 244 g/mol. The molecule has 3 nitrogen and oxygen atoms in total. The number of ether oxygens (including phenoxy) is 1. The summed E-state index contributed by atoms with van der Waals surface area (Å²) < 4.78 is 5.71. The lowest BCUT2D eigenvalue weighted by Gasteiger charge is -2.06. The van der Waals surface area contributed by atoms with E-state index in [0.29, 0.717) is 11.3 Å². The van der Waals surface area contributed by atoms with Crippen LogP contribution in [0.15, 0.2) is 22.7 Å². The Labute approximate surface area is 84.5 Å². The maximum atomic E-state index is 10.7. The highest BCUT2D eigenvalue weighted by Crippen LogP contribution is 2.23. The number of carbonyl (C=O) groups excluding carboxylic acids is 1. The number of halogens is 1. The summed E-state index contributed by atoms with van der Waals surface area (Å²) >= 11 is 3.25. The van der Waals surface area contributed by atoms with E-state index < -0.39 is 5.97 Å². The van der Waals surface area contributed by atoms with Gasteiger partial charge >= 0.3 is 5.97 Å². The zero-order chi connectivity index (χ0) is 9.84. The maximum absolute atomic E-state index is 10.7. The fourth-order valence-electron chi connectivity index (χ4n) is 0.926. The predicted octanol–water partition coefficient (Wildman–Crippen LogP) is 1.87. The first-order valence-electron chi connectivity index (χ1n) is 3.71. The quantitative estimate of drug-likeness (QED) is 0.639. The predicted molar refractivity (Wildman–Crippen MR) is 51.4 cm³/mol. The molecule has 0 bridgehead atoms. The van der Waals surface area contributed by atoms with Crippen LogP contribution in [0.4, 0.5) is 0 Å². The molecule has 0 unspecified atom stereocenters. The summed E-state index contributed by atoms with van der Waals surface area (Å²) in [5, 5.41) is 8.94. The van der Waals surface area contributed by atoms with Crippen molar-refractivity contribution in [2.45, 2.75) is 13.5 Å². The molecule has 0 amide bonds. The van der Waals surface area contributed by atoms with Gasteiger partial charge < -0.3 is 9.84 Å². The highest BCUT2D eigenvalue weighted by atomic mass is 79.9. The Morgan fingerprint density at radius 2 is 2.31 bits per heavy atom. The second kappa shape index (κ2) is 4.39. The maximum Gasteiger partial charge on any atom is 0.308 e. The standard InChI is InChI=1S/C9H9BrO3/c1-6(12)13-9-3-2-8(10)4-7(9)5-11/h2-4,11H,5H2,1H3. The average Bonchev–Trinajstić information content (AvgIpc) is 2.07. The molecular formula is C9H9BrO3. The van der Waals surface area contributed by atoms with Gasteiger partial charge in [0.1, 0.15) is 5.75 Å². The van der Waals surface area contributed by atoms with E-state index in [1.165, 1.54) is 6.92 Å². The van der Waals surface area contributed by atoms with Crippen molar-refractivity contribution in [3.63, 3.8) is 0 Å². The molecule has 1 aromatic carbocycles. The van der Waals surface area contributed by atoms with Gasteiger partial charge in [-0.2, -0.15) is 0 Å². The Kier molecular flexibility index (Phi) is 3.45. The third-order valence-corrected chi connectivity index (χ3v) is 1.94. The zero-order valence-electron chi connectivity index (χ0n) is 7.08. The van der Waals surface area contributed by atoms with Gasteiger partial charge in [-0.05, 0) is 18.2 Å². The Morgan fingerprint density at radius 1 is 1.62 bits per heavy atom. The van der Waals surface area contributed by atoms with E-state index >= 15 is 0 Å². The Bertz CT molecular complexity index is 323. The molecule has 0 heterocycles. The molecule has 0 aromatic heterocycles. The molecule has 0 radical (unpaired) electrons. The highest BCUT2D eigenvalue weighted by Gasteiger charge is 2.05. The number of esters is 1. The molecule has 0 spiro atoms. The molecule has 0 atom stereocenters. The molecule has 0 fully saturated rings. The smallest absolute Gasteiger partial charge is 0.308 e. The molecule has 0 aliphatic rings. The Hall–Kier alpha value is -0.870. The third kappa shape index (κ3) is 2.82. The fraction of sp³-hybridized carbons (Fsp3) is 0.222. The molecule has 70 valence electrons. The number of aliphatic hydroxyl groups excluding tert-OH is 1. The van der Waals surface area contributed by atoms with Gasteiger partial charge in [-0.3, -0.25) is 4.79 Å². The van der Waals surface area contributed by atoms with Crippen LogP contribution in [0, 0.1) is 0 Å². The molecule has 0 saturated heterocycles. The molecule has 1 aromatic rings. The molecular weight excluding hydrogens is 236 g/mol. The summed E-state index contributed by atoms with van der Waals surface area (Å²) in [6, 6.07) is 5.09. The molecule has 0 saturated carbocycles. The average molecular weight is 245 g/mol. The van der Waals surface area contributed by atoms with E-state index in [2.05, 4.69) is 15.9 Å². The van der Waals surface area contributed by atoms with Crippen LogP contribution < -0.4 is 4.74 Å². The molecule has 13 heavy (non-hydrogen) atoms. The van der Waals surface area contributed by atoms with E-state index in [4.69, 9.17) is 9.84 Å². The highest BCUT2D eigenvalue weighted by molar-refractivity contribution is 9.10. The van der Waals surface area contributed by atoms with Crippen molar-refractivity contribution in [3.05, 3.63) is 28.2 Å². The number of hydrogen-bond acceptors (Lipinski definition) is 3. The van der Waals surface area contributed by atoms with E-state index in [-0.39, 0.29) is 6.61 Å². The number of carbonyl (C=O) groups is 1. The third-order valence-electron chi connectivity index (χ3n) is 1.45. The minimum atomic E-state index is -0.392. The lowest BCUT2D eigenvalue weighted by Crippen LogP contribution is -2.03. The van der Waals surface area contributed by atoms with Crippen LogP contribution in [0.5, 0.6) is 5.75 Å². The van der Waals surface area contributed by atoms with Crippen LogP contribution in [-0.2, 0) is 11.4 Å². The van der Waals surface area contributed by atoms with Crippen molar-refractivity contribution in [2.75, 3.05) is 0 Å². The molecule has 4 heteroatoms. The van der Waals surface area contributed by atoms with Gasteiger partial charge in [0.25, 0.3) is 0 Å². The normalized spacial score (nSPS) is 9.77. The summed E-state index contributed by atoms with van der Waals surface area (Å²) in [6.45, 7) is 1.17. The van der Waals surface area contributed by atoms with E-state index in [1.54, 1.807) is 18.2 Å². The van der Waals surface area contributed by atoms with Crippen LogP contribution in [-0.4, -0.2) is 11.1 Å². The van der Waals surface area contributed by atoms with Crippen molar-refractivity contribution >= 4 is 21.9 Å². The Balaban J connectivity index is 2.99. The van der Waals surface area contributed by atoms with Gasteiger partial charge in [0.15, 0.2) is 0 Å². The fourth-order valence-corrected chi connectivity index (χ4v) is 1.33. The van der Waals surface area contributed by atoms with Gasteiger partial charge in [-0.15, -0.1) is 0 Å². The van der Waals surface area contributed by atoms with Crippen LogP contribution in [0.1, 0.15) is 12.5 Å². The van der Waals surface area contributed by atoms with Gasteiger partial charge in [0, 0.05) is 17.0 Å². The van der Waals surface area contributed by atoms with Crippen LogP contribution >= 0.6 is 15.9 Å². The first-order chi connectivity index (χ1) is 6.13. The molecule has 1 N–H and O–H groups in total. The lowest BCUT2D eigenvalue weighted by atomic mass is 10.2. The van der Waals surface area contributed by atoms with Crippen LogP contribution in [0.3, 0.4) is 0 Å². The number of benzene rings is 1.